The van der Waals surface area contributed by atoms with Crippen molar-refractivity contribution in [1.29, 1.82) is 0 Å². The van der Waals surface area contributed by atoms with E-state index >= 15 is 0 Å². The van der Waals surface area contributed by atoms with E-state index in [0.29, 0.717) is 23.9 Å². The summed E-state index contributed by atoms with van der Waals surface area (Å²) in [4.78, 5) is 11.7. The Balaban J connectivity index is 1.68. The van der Waals surface area contributed by atoms with Gasteiger partial charge in [0.1, 0.15) is 11.5 Å². The molecule has 1 aliphatic carbocycles. The van der Waals surface area contributed by atoms with Crippen molar-refractivity contribution in [2.45, 2.75) is 35.8 Å². The molecular formula is C15H17N3O2S2. The molecule has 0 amide bonds. The average molecular weight is 335 g/mol. The van der Waals surface area contributed by atoms with E-state index in [0.717, 1.165) is 28.6 Å². The number of hydrogen-bond donors (Lipinski definition) is 1. The monoisotopic (exact) mass is 335 g/mol. The number of nitrogens with zero attached hydrogens (tertiary/aromatic N) is 2. The molecular weight excluding hydrogens is 318 g/mol. The van der Waals surface area contributed by atoms with Gasteiger partial charge in [-0.15, -0.1) is 10.2 Å². The molecule has 1 fully saturated rings. The van der Waals surface area contributed by atoms with Gasteiger partial charge in [0.25, 0.3) is 0 Å². The number of hydrogen-bond acceptors (Lipinski definition) is 7. The van der Waals surface area contributed by atoms with Crippen LogP contribution in [0.15, 0.2) is 28.6 Å². The van der Waals surface area contributed by atoms with Crippen molar-refractivity contribution in [3.05, 3.63) is 24.3 Å². The van der Waals surface area contributed by atoms with Crippen molar-refractivity contribution in [2.24, 2.45) is 0 Å². The minimum Gasteiger partial charge on any atom is -0.492 e. The molecule has 22 heavy (non-hydrogen) atoms. The Morgan fingerprint density at radius 1 is 1.41 bits per heavy atom. The Morgan fingerprint density at radius 3 is 3.05 bits per heavy atom. The van der Waals surface area contributed by atoms with Crippen LogP contribution in [0, 0.1) is 0 Å². The summed E-state index contributed by atoms with van der Waals surface area (Å²) >= 11 is 2.99. The maximum atomic E-state index is 11.7. The van der Waals surface area contributed by atoms with Crippen LogP contribution in [-0.4, -0.2) is 27.8 Å². The predicted molar refractivity (Wildman–Crippen MR) is 89.3 cm³/mol. The zero-order valence-electron chi connectivity index (χ0n) is 12.2. The van der Waals surface area contributed by atoms with Crippen molar-refractivity contribution in [2.75, 3.05) is 11.9 Å². The summed E-state index contributed by atoms with van der Waals surface area (Å²) in [5.41, 5.74) is 0.869. The molecule has 7 heteroatoms. The van der Waals surface area contributed by atoms with Gasteiger partial charge in [-0.05, 0) is 31.9 Å². The lowest BCUT2D eigenvalue weighted by atomic mass is 10.3. The van der Waals surface area contributed by atoms with Crippen molar-refractivity contribution in [1.82, 2.24) is 10.2 Å². The lowest BCUT2D eigenvalue weighted by molar-refractivity contribution is -0.116. The van der Waals surface area contributed by atoms with Crippen molar-refractivity contribution >= 4 is 39.7 Å². The van der Waals surface area contributed by atoms with E-state index in [1.807, 2.05) is 31.2 Å². The first-order valence-corrected chi connectivity index (χ1v) is 8.97. The number of anilines is 2. The molecule has 1 saturated carbocycles. The average Bonchev–Trinajstić information content (AvgIpc) is 3.12. The zero-order chi connectivity index (χ0) is 15.4. The van der Waals surface area contributed by atoms with E-state index in [1.165, 1.54) is 23.1 Å². The third-order valence-corrected chi connectivity index (χ3v) is 5.57. The summed E-state index contributed by atoms with van der Waals surface area (Å²) in [5, 5.41) is 12.3. The van der Waals surface area contributed by atoms with Crippen LogP contribution in [0.1, 0.15) is 26.2 Å². The van der Waals surface area contributed by atoms with Crippen LogP contribution < -0.4 is 10.1 Å². The van der Waals surface area contributed by atoms with Gasteiger partial charge in [-0.25, -0.2) is 0 Å². The van der Waals surface area contributed by atoms with E-state index in [1.54, 1.807) is 0 Å². The van der Waals surface area contributed by atoms with E-state index < -0.39 is 0 Å². The third-order valence-electron chi connectivity index (χ3n) is 3.33. The lowest BCUT2D eigenvalue weighted by Crippen LogP contribution is -2.07. The fraction of sp³-hybridized carbons (Fsp3) is 0.400. The van der Waals surface area contributed by atoms with Crippen LogP contribution >= 0.6 is 23.1 Å². The molecule has 3 rings (SSSR count). The van der Waals surface area contributed by atoms with Crippen LogP contribution in [0.3, 0.4) is 0 Å². The summed E-state index contributed by atoms with van der Waals surface area (Å²) in [6.45, 7) is 2.56. The minimum absolute atomic E-state index is 0.0523. The molecule has 0 bridgehead atoms. The quantitative estimate of drug-likeness (QED) is 0.864. The Morgan fingerprint density at radius 2 is 2.27 bits per heavy atom. The fourth-order valence-corrected chi connectivity index (χ4v) is 4.44. The zero-order valence-corrected chi connectivity index (χ0v) is 13.9. The number of carbonyl (C=O) groups excluding carboxylic acids is 1. The fourth-order valence-electron chi connectivity index (χ4n) is 2.30. The number of rotatable bonds is 6. The summed E-state index contributed by atoms with van der Waals surface area (Å²) < 4.78 is 6.41. The molecule has 0 unspecified atom stereocenters. The second kappa shape index (κ2) is 7.11. The number of Topliss-reactive ketones (excluding diaryl/α,β-unsaturated/α-hetero) is 1. The first kappa shape index (κ1) is 15.3. The highest BCUT2D eigenvalue weighted by molar-refractivity contribution is 8.02. The van der Waals surface area contributed by atoms with Gasteiger partial charge in [0.15, 0.2) is 4.34 Å². The molecule has 1 N–H and O–H groups in total. The van der Waals surface area contributed by atoms with Gasteiger partial charge >= 0.3 is 0 Å². The van der Waals surface area contributed by atoms with E-state index in [-0.39, 0.29) is 5.25 Å². The summed E-state index contributed by atoms with van der Waals surface area (Å²) in [7, 11) is 0. The Kier molecular flexibility index (Phi) is 4.94. The number of nitrogens with one attached hydrogen (secondary N) is 1. The van der Waals surface area contributed by atoms with Crippen LogP contribution in [-0.2, 0) is 4.79 Å². The highest BCUT2D eigenvalue weighted by atomic mass is 32.2. The smallest absolute Gasteiger partial charge is 0.210 e. The molecule has 0 saturated heterocycles. The molecule has 1 heterocycles. The SMILES string of the molecule is CCOc1ccccc1Nc1nnc(S[C@H]2CCCC2=O)s1. The van der Waals surface area contributed by atoms with Gasteiger partial charge in [0, 0.05) is 6.42 Å². The van der Waals surface area contributed by atoms with Crippen molar-refractivity contribution < 1.29 is 9.53 Å². The number of carbonyl (C=O) groups is 1. The maximum Gasteiger partial charge on any atom is 0.210 e. The Hall–Kier alpha value is -1.60. The van der Waals surface area contributed by atoms with E-state index in [2.05, 4.69) is 15.5 Å². The van der Waals surface area contributed by atoms with Gasteiger partial charge in [-0.1, -0.05) is 35.2 Å². The number of ether oxygens (including phenoxy) is 1. The molecule has 0 spiro atoms. The molecule has 0 radical (unpaired) electrons. The van der Waals surface area contributed by atoms with Crippen LogP contribution in [0.2, 0.25) is 0 Å². The van der Waals surface area contributed by atoms with Gasteiger partial charge in [0.05, 0.1) is 17.5 Å². The number of ketones is 1. The molecule has 116 valence electrons. The van der Waals surface area contributed by atoms with Crippen LogP contribution in [0.4, 0.5) is 10.8 Å². The summed E-state index contributed by atoms with van der Waals surface area (Å²) in [5.74, 6) is 1.12. The first-order valence-electron chi connectivity index (χ1n) is 7.28. The number of thioether (sulfide) groups is 1. The molecule has 5 nitrogen and oxygen atoms in total. The Labute approximate surface area is 137 Å². The van der Waals surface area contributed by atoms with Gasteiger partial charge in [-0.2, -0.15) is 0 Å². The topological polar surface area (TPSA) is 64.1 Å². The van der Waals surface area contributed by atoms with Crippen LogP contribution in [0.5, 0.6) is 5.75 Å². The Bertz CT molecular complexity index is 660. The highest BCUT2D eigenvalue weighted by Crippen LogP contribution is 2.36. The first-order chi connectivity index (χ1) is 10.8. The number of para-hydroxylation sites is 2. The van der Waals surface area contributed by atoms with Gasteiger partial charge in [-0.3, -0.25) is 4.79 Å². The van der Waals surface area contributed by atoms with Gasteiger partial charge in [0.2, 0.25) is 5.13 Å². The highest BCUT2D eigenvalue weighted by Gasteiger charge is 2.26. The normalized spacial score (nSPS) is 17.7. The number of benzene rings is 1. The van der Waals surface area contributed by atoms with Crippen molar-refractivity contribution in [3.8, 4) is 5.75 Å². The second-order valence-electron chi connectivity index (χ2n) is 4.89. The molecule has 2 aromatic rings. The summed E-state index contributed by atoms with van der Waals surface area (Å²) in [6, 6.07) is 7.74. The molecule has 1 aliphatic rings. The van der Waals surface area contributed by atoms with E-state index in [4.69, 9.17) is 4.74 Å². The second-order valence-corrected chi connectivity index (χ2v) is 7.32. The molecule has 0 aliphatic heterocycles. The minimum atomic E-state index is 0.0523. The van der Waals surface area contributed by atoms with Gasteiger partial charge < -0.3 is 10.1 Å². The van der Waals surface area contributed by atoms with Crippen LogP contribution in [0.25, 0.3) is 0 Å². The molecule has 1 aromatic heterocycles. The molecule has 1 atom stereocenters. The third kappa shape index (κ3) is 3.59. The maximum absolute atomic E-state index is 11.7. The largest absolute Gasteiger partial charge is 0.492 e. The van der Waals surface area contributed by atoms with E-state index in [9.17, 15) is 4.79 Å². The van der Waals surface area contributed by atoms with Crippen molar-refractivity contribution in [3.63, 3.8) is 0 Å². The number of aromatic nitrogens is 2. The molecule has 1 aromatic carbocycles. The lowest BCUT2D eigenvalue weighted by Gasteiger charge is -2.09. The predicted octanol–water partition coefficient (Wildman–Crippen LogP) is 3.89. The standard InChI is InChI=1S/C15H17N3O2S2/c1-2-20-12-8-4-3-6-10(12)16-14-17-18-15(22-14)21-13-9-5-7-11(13)19/h3-4,6,8,13H,2,5,7,9H2,1H3,(H,16,17)/t13-/m0/s1. The summed E-state index contributed by atoms with van der Waals surface area (Å²) in [6.07, 6.45) is 2.63.